The molecular weight excluding hydrogens is 288 g/mol. The molecule has 112 valence electrons. The molecule has 21 heavy (non-hydrogen) atoms. The summed E-state index contributed by atoms with van der Waals surface area (Å²) in [5.41, 5.74) is 2.69. The van der Waals surface area contributed by atoms with Gasteiger partial charge in [0.15, 0.2) is 5.65 Å². The summed E-state index contributed by atoms with van der Waals surface area (Å²) in [6.45, 7) is 4.42. The molecule has 1 aliphatic rings. The molecular formula is C15H19ClN4O. The summed E-state index contributed by atoms with van der Waals surface area (Å²) in [5.74, 6) is 0.851. The molecule has 0 spiro atoms. The van der Waals surface area contributed by atoms with Gasteiger partial charge < -0.3 is 9.88 Å². The van der Waals surface area contributed by atoms with Gasteiger partial charge in [-0.15, -0.1) is 11.6 Å². The largest absolute Gasteiger partial charge is 0.353 e. The van der Waals surface area contributed by atoms with Crippen LogP contribution in [0, 0.1) is 6.92 Å². The zero-order valence-electron chi connectivity index (χ0n) is 12.3. The first-order valence-corrected chi connectivity index (χ1v) is 7.74. The number of nitrogens with one attached hydrogen (secondary N) is 1. The summed E-state index contributed by atoms with van der Waals surface area (Å²) >= 11 is 6.22. The van der Waals surface area contributed by atoms with E-state index in [0.29, 0.717) is 19.0 Å². The molecule has 0 aromatic carbocycles. The molecule has 0 aliphatic heterocycles. The molecule has 0 saturated heterocycles. The number of fused-ring (bicyclic) bond motifs is 1. The van der Waals surface area contributed by atoms with Crippen molar-refractivity contribution in [2.45, 2.75) is 51.1 Å². The molecule has 1 fully saturated rings. The summed E-state index contributed by atoms with van der Waals surface area (Å²) in [4.78, 5) is 20.9. The first kappa shape index (κ1) is 14.3. The van der Waals surface area contributed by atoms with Gasteiger partial charge in [0.25, 0.3) is 0 Å². The number of carbonyl (C=O) groups is 1. The van der Waals surface area contributed by atoms with Crippen LogP contribution in [0.3, 0.4) is 0 Å². The Labute approximate surface area is 128 Å². The Morgan fingerprint density at radius 3 is 3.00 bits per heavy atom. The average Bonchev–Trinajstić information content (AvgIpc) is 3.15. The average molecular weight is 307 g/mol. The number of carbonyl (C=O) groups excluding carboxylic acids is 1. The SMILES string of the molecule is Cc1cnc2c(c1)nc(C(C)Cl)n2CCC(=O)NC1CC1. The van der Waals surface area contributed by atoms with Crippen LogP contribution in [-0.2, 0) is 11.3 Å². The molecule has 3 rings (SSSR count). The number of alkyl halides is 1. The van der Waals surface area contributed by atoms with Gasteiger partial charge in [0.05, 0.1) is 5.38 Å². The van der Waals surface area contributed by atoms with Crippen LogP contribution in [0.5, 0.6) is 0 Å². The Balaban J connectivity index is 1.84. The second-order valence-electron chi connectivity index (χ2n) is 5.68. The Morgan fingerprint density at radius 2 is 2.33 bits per heavy atom. The third-order valence-corrected chi connectivity index (χ3v) is 3.81. The van der Waals surface area contributed by atoms with E-state index in [1.54, 1.807) is 0 Å². The van der Waals surface area contributed by atoms with Gasteiger partial charge in [0, 0.05) is 25.2 Å². The standard InChI is InChI=1S/C15H19ClN4O/c1-9-7-12-15(17-8-9)20(14(19-12)10(2)16)6-5-13(21)18-11-3-4-11/h7-8,10-11H,3-6H2,1-2H3,(H,18,21). The van der Waals surface area contributed by atoms with Gasteiger partial charge in [0.1, 0.15) is 11.3 Å². The molecule has 6 heteroatoms. The van der Waals surface area contributed by atoms with Crippen LogP contribution in [0.1, 0.15) is 43.0 Å². The van der Waals surface area contributed by atoms with Gasteiger partial charge in [0.2, 0.25) is 5.91 Å². The van der Waals surface area contributed by atoms with Crippen LogP contribution in [-0.4, -0.2) is 26.5 Å². The molecule has 2 aromatic heterocycles. The predicted molar refractivity (Wildman–Crippen MR) is 82.3 cm³/mol. The number of pyridine rings is 1. The number of hydrogen-bond acceptors (Lipinski definition) is 3. The maximum Gasteiger partial charge on any atom is 0.222 e. The quantitative estimate of drug-likeness (QED) is 0.864. The van der Waals surface area contributed by atoms with E-state index in [1.165, 1.54) is 0 Å². The Bertz CT molecular complexity index is 676. The van der Waals surface area contributed by atoms with Crippen molar-refractivity contribution < 1.29 is 4.79 Å². The van der Waals surface area contributed by atoms with Crippen LogP contribution in [0.2, 0.25) is 0 Å². The van der Waals surface area contributed by atoms with Crippen LogP contribution in [0.15, 0.2) is 12.3 Å². The topological polar surface area (TPSA) is 59.8 Å². The third-order valence-electron chi connectivity index (χ3n) is 3.61. The molecule has 5 nitrogen and oxygen atoms in total. The molecule has 2 heterocycles. The van der Waals surface area contributed by atoms with E-state index in [9.17, 15) is 4.79 Å². The van der Waals surface area contributed by atoms with Crippen molar-refractivity contribution in [2.75, 3.05) is 0 Å². The van der Waals surface area contributed by atoms with E-state index in [4.69, 9.17) is 11.6 Å². The molecule has 1 amide bonds. The summed E-state index contributed by atoms with van der Waals surface area (Å²) in [6.07, 6.45) is 4.44. The number of imidazole rings is 1. The maximum atomic E-state index is 11.9. The van der Waals surface area contributed by atoms with Gasteiger partial charge in [-0.3, -0.25) is 4.79 Å². The lowest BCUT2D eigenvalue weighted by Gasteiger charge is -2.10. The number of hydrogen-bond donors (Lipinski definition) is 1. The van der Waals surface area contributed by atoms with Crippen molar-refractivity contribution >= 4 is 28.7 Å². The van der Waals surface area contributed by atoms with E-state index in [-0.39, 0.29) is 11.3 Å². The van der Waals surface area contributed by atoms with Gasteiger partial charge in [-0.2, -0.15) is 0 Å². The second kappa shape index (κ2) is 5.64. The lowest BCUT2D eigenvalue weighted by molar-refractivity contribution is -0.121. The fourth-order valence-corrected chi connectivity index (χ4v) is 2.56. The van der Waals surface area contributed by atoms with Crippen LogP contribution in [0.25, 0.3) is 11.2 Å². The van der Waals surface area contributed by atoms with E-state index in [2.05, 4.69) is 15.3 Å². The van der Waals surface area contributed by atoms with Crippen LogP contribution < -0.4 is 5.32 Å². The Hall–Kier alpha value is -1.62. The molecule has 1 aliphatic carbocycles. The molecule has 1 atom stereocenters. The number of halogens is 1. The monoisotopic (exact) mass is 306 g/mol. The predicted octanol–water partition coefficient (Wildman–Crippen LogP) is 2.71. The number of aromatic nitrogens is 3. The van der Waals surface area contributed by atoms with Gasteiger partial charge >= 0.3 is 0 Å². The highest BCUT2D eigenvalue weighted by atomic mass is 35.5. The smallest absolute Gasteiger partial charge is 0.222 e. The zero-order chi connectivity index (χ0) is 15.0. The minimum atomic E-state index is -0.217. The van der Waals surface area contributed by atoms with Crippen molar-refractivity contribution in [3.8, 4) is 0 Å². The number of rotatable bonds is 5. The van der Waals surface area contributed by atoms with Crippen molar-refractivity contribution in [3.05, 3.63) is 23.7 Å². The molecule has 0 bridgehead atoms. The van der Waals surface area contributed by atoms with E-state index in [1.807, 2.05) is 30.7 Å². The van der Waals surface area contributed by atoms with E-state index in [0.717, 1.165) is 35.4 Å². The molecule has 1 saturated carbocycles. The van der Waals surface area contributed by atoms with Gasteiger partial charge in [-0.05, 0) is 38.3 Å². The molecule has 1 unspecified atom stereocenters. The van der Waals surface area contributed by atoms with Crippen LogP contribution >= 0.6 is 11.6 Å². The highest BCUT2D eigenvalue weighted by molar-refractivity contribution is 6.20. The highest BCUT2D eigenvalue weighted by Gasteiger charge is 2.23. The van der Waals surface area contributed by atoms with Gasteiger partial charge in [-0.1, -0.05) is 0 Å². The normalized spacial score (nSPS) is 16.1. The fraction of sp³-hybridized carbons (Fsp3) is 0.533. The second-order valence-corrected chi connectivity index (χ2v) is 6.34. The van der Waals surface area contributed by atoms with Crippen molar-refractivity contribution in [3.63, 3.8) is 0 Å². The summed E-state index contributed by atoms with van der Waals surface area (Å²) in [6, 6.07) is 2.38. The van der Waals surface area contributed by atoms with E-state index >= 15 is 0 Å². The molecule has 1 N–H and O–H groups in total. The lowest BCUT2D eigenvalue weighted by Crippen LogP contribution is -2.26. The summed E-state index contributed by atoms with van der Waals surface area (Å²) in [5, 5.41) is 2.78. The van der Waals surface area contributed by atoms with Crippen molar-refractivity contribution in [1.29, 1.82) is 0 Å². The summed E-state index contributed by atoms with van der Waals surface area (Å²) < 4.78 is 1.96. The van der Waals surface area contributed by atoms with Gasteiger partial charge in [-0.25, -0.2) is 9.97 Å². The Kier molecular flexibility index (Phi) is 3.85. The molecule has 2 aromatic rings. The van der Waals surface area contributed by atoms with Crippen molar-refractivity contribution in [2.24, 2.45) is 0 Å². The number of nitrogens with zero attached hydrogens (tertiary/aromatic N) is 3. The molecule has 0 radical (unpaired) electrons. The minimum absolute atomic E-state index is 0.0830. The third kappa shape index (κ3) is 3.18. The fourth-order valence-electron chi connectivity index (χ4n) is 2.39. The number of amides is 1. The maximum absolute atomic E-state index is 11.9. The Morgan fingerprint density at radius 1 is 1.57 bits per heavy atom. The van der Waals surface area contributed by atoms with Crippen LogP contribution in [0.4, 0.5) is 0 Å². The zero-order valence-corrected chi connectivity index (χ0v) is 13.0. The minimum Gasteiger partial charge on any atom is -0.353 e. The lowest BCUT2D eigenvalue weighted by atomic mass is 10.3. The first-order chi connectivity index (χ1) is 10.0. The highest BCUT2D eigenvalue weighted by Crippen LogP contribution is 2.24. The number of aryl methyl sites for hydroxylation is 2. The van der Waals surface area contributed by atoms with Crippen molar-refractivity contribution in [1.82, 2.24) is 19.9 Å². The first-order valence-electron chi connectivity index (χ1n) is 7.31. The van der Waals surface area contributed by atoms with E-state index < -0.39 is 0 Å². The summed E-state index contributed by atoms with van der Waals surface area (Å²) in [7, 11) is 0.